The van der Waals surface area contributed by atoms with Gasteiger partial charge >= 0.3 is 0 Å². The van der Waals surface area contributed by atoms with Crippen LogP contribution in [0.2, 0.25) is 0 Å². The summed E-state index contributed by atoms with van der Waals surface area (Å²) >= 11 is 0. The first-order chi connectivity index (χ1) is 6.85. The van der Waals surface area contributed by atoms with Crippen LogP contribution in [0.4, 0.5) is 0 Å². The smallest absolute Gasteiger partial charge is 0.150 e. The Hall–Kier alpha value is -0.130. The molecule has 15 heavy (non-hydrogen) atoms. The fraction of sp³-hybridized carbons (Fsp3) is 1.00. The van der Waals surface area contributed by atoms with Gasteiger partial charge in [0, 0.05) is 20.2 Å². The molecule has 0 aliphatic carbocycles. The van der Waals surface area contributed by atoms with Crippen molar-refractivity contribution in [3.8, 4) is 0 Å². The van der Waals surface area contributed by atoms with E-state index in [1.807, 2.05) is 13.8 Å². The molecular weight excluding hydrogens is 214 g/mol. The van der Waals surface area contributed by atoms with Crippen LogP contribution in [0.25, 0.3) is 0 Å². The fourth-order valence-electron chi connectivity index (χ4n) is 1.41. The van der Waals surface area contributed by atoms with Gasteiger partial charge in [0.2, 0.25) is 0 Å². The molecule has 0 radical (unpaired) electrons. The molecule has 5 heteroatoms. The third-order valence-corrected chi connectivity index (χ3v) is 4.73. The predicted molar refractivity (Wildman–Crippen MR) is 60.7 cm³/mol. The average molecular weight is 235 g/mol. The van der Waals surface area contributed by atoms with Gasteiger partial charge in [-0.1, -0.05) is 0 Å². The standard InChI is InChI=1S/C10H21NO3S/c1-10(2,14-3)4-5-15(12,13)8-9-6-11-7-9/h9,11H,4-8H2,1-3H3. The van der Waals surface area contributed by atoms with Gasteiger partial charge in [-0.25, -0.2) is 8.42 Å². The highest BCUT2D eigenvalue weighted by atomic mass is 32.2. The zero-order chi connectivity index (χ0) is 11.5. The fourth-order valence-corrected chi connectivity index (χ4v) is 3.34. The number of methoxy groups -OCH3 is 1. The highest BCUT2D eigenvalue weighted by molar-refractivity contribution is 7.91. The number of sulfone groups is 1. The first kappa shape index (κ1) is 12.9. The monoisotopic (exact) mass is 235 g/mol. The van der Waals surface area contributed by atoms with Crippen LogP contribution in [0, 0.1) is 5.92 Å². The summed E-state index contributed by atoms with van der Waals surface area (Å²) in [6.07, 6.45) is 0.561. The van der Waals surface area contributed by atoms with E-state index in [9.17, 15) is 8.42 Å². The third-order valence-electron chi connectivity index (χ3n) is 2.92. The molecule has 0 aromatic heterocycles. The van der Waals surface area contributed by atoms with Gasteiger partial charge in [-0.3, -0.25) is 0 Å². The summed E-state index contributed by atoms with van der Waals surface area (Å²) in [6, 6.07) is 0. The van der Waals surface area contributed by atoms with Gasteiger partial charge in [0.05, 0.1) is 17.1 Å². The highest BCUT2D eigenvalue weighted by Crippen LogP contribution is 2.16. The second kappa shape index (κ2) is 4.80. The van der Waals surface area contributed by atoms with Gasteiger partial charge in [0.1, 0.15) is 0 Å². The maximum absolute atomic E-state index is 11.7. The molecule has 1 aliphatic heterocycles. The van der Waals surface area contributed by atoms with E-state index >= 15 is 0 Å². The van der Waals surface area contributed by atoms with Crippen molar-refractivity contribution in [1.82, 2.24) is 5.32 Å². The third kappa shape index (κ3) is 4.49. The van der Waals surface area contributed by atoms with Crippen molar-refractivity contribution in [3.05, 3.63) is 0 Å². The second-order valence-corrected chi connectivity index (χ2v) is 7.08. The van der Waals surface area contributed by atoms with Gasteiger partial charge in [0.15, 0.2) is 9.84 Å². The van der Waals surface area contributed by atoms with Gasteiger partial charge in [-0.2, -0.15) is 0 Å². The van der Waals surface area contributed by atoms with E-state index in [1.54, 1.807) is 7.11 Å². The molecule has 1 rings (SSSR count). The lowest BCUT2D eigenvalue weighted by Crippen LogP contribution is -2.46. The molecule has 4 nitrogen and oxygen atoms in total. The Balaban J connectivity index is 2.35. The van der Waals surface area contributed by atoms with E-state index < -0.39 is 9.84 Å². The molecule has 1 fully saturated rings. The molecule has 1 N–H and O–H groups in total. The van der Waals surface area contributed by atoms with Crippen LogP contribution < -0.4 is 5.32 Å². The van der Waals surface area contributed by atoms with Crippen LogP contribution in [0.5, 0.6) is 0 Å². The Labute approximate surface area is 92.3 Å². The molecule has 0 aromatic rings. The van der Waals surface area contributed by atoms with E-state index in [-0.39, 0.29) is 11.4 Å². The zero-order valence-corrected chi connectivity index (χ0v) is 10.6. The topological polar surface area (TPSA) is 55.4 Å². The molecule has 1 aliphatic rings. The van der Waals surface area contributed by atoms with Crippen molar-refractivity contribution < 1.29 is 13.2 Å². The predicted octanol–water partition coefficient (Wildman–Crippen LogP) is 0.436. The van der Waals surface area contributed by atoms with Crippen LogP contribution >= 0.6 is 0 Å². The number of rotatable bonds is 6. The summed E-state index contributed by atoms with van der Waals surface area (Å²) in [6.45, 7) is 5.50. The van der Waals surface area contributed by atoms with Crippen molar-refractivity contribution in [2.75, 3.05) is 31.7 Å². The molecule has 0 aromatic carbocycles. The molecule has 1 heterocycles. The van der Waals surface area contributed by atoms with Gasteiger partial charge < -0.3 is 10.1 Å². The zero-order valence-electron chi connectivity index (χ0n) is 9.75. The summed E-state index contributed by atoms with van der Waals surface area (Å²) in [5, 5.41) is 3.08. The first-order valence-corrected chi connectivity index (χ1v) is 7.13. The molecule has 1 saturated heterocycles. The molecule has 0 atom stereocenters. The van der Waals surface area contributed by atoms with Crippen molar-refractivity contribution in [3.63, 3.8) is 0 Å². The number of hydrogen-bond acceptors (Lipinski definition) is 4. The van der Waals surface area contributed by atoms with Crippen molar-refractivity contribution >= 4 is 9.84 Å². The maximum Gasteiger partial charge on any atom is 0.150 e. The van der Waals surface area contributed by atoms with E-state index in [2.05, 4.69) is 5.32 Å². The summed E-state index contributed by atoms with van der Waals surface area (Å²) in [5.74, 6) is 0.866. The molecule has 0 saturated carbocycles. The lowest BCUT2D eigenvalue weighted by atomic mass is 10.1. The molecule has 0 spiro atoms. The lowest BCUT2D eigenvalue weighted by molar-refractivity contribution is 0.0203. The Bertz CT molecular complexity index is 294. The molecule has 0 amide bonds. The Kier molecular flexibility index (Phi) is 4.14. The number of nitrogens with one attached hydrogen (secondary N) is 1. The Morgan fingerprint density at radius 2 is 2.00 bits per heavy atom. The normalized spacial score (nSPS) is 18.9. The van der Waals surface area contributed by atoms with Crippen molar-refractivity contribution in [1.29, 1.82) is 0 Å². The van der Waals surface area contributed by atoms with Crippen LogP contribution in [0.1, 0.15) is 20.3 Å². The summed E-state index contributed by atoms with van der Waals surface area (Å²) in [4.78, 5) is 0. The first-order valence-electron chi connectivity index (χ1n) is 5.31. The van der Waals surface area contributed by atoms with Crippen LogP contribution in [-0.2, 0) is 14.6 Å². The highest BCUT2D eigenvalue weighted by Gasteiger charge is 2.26. The molecule has 0 unspecified atom stereocenters. The van der Waals surface area contributed by atoms with Crippen molar-refractivity contribution in [2.24, 2.45) is 5.92 Å². The van der Waals surface area contributed by atoms with Gasteiger partial charge in [-0.15, -0.1) is 0 Å². The van der Waals surface area contributed by atoms with Crippen LogP contribution in [-0.4, -0.2) is 45.7 Å². The second-order valence-electron chi connectivity index (χ2n) is 4.85. The van der Waals surface area contributed by atoms with Gasteiger partial charge in [-0.05, 0) is 26.2 Å². The minimum absolute atomic E-state index is 0.227. The van der Waals surface area contributed by atoms with Gasteiger partial charge in [0.25, 0.3) is 0 Å². The van der Waals surface area contributed by atoms with E-state index in [4.69, 9.17) is 4.74 Å². The van der Waals surface area contributed by atoms with Crippen LogP contribution in [0.3, 0.4) is 0 Å². The van der Waals surface area contributed by atoms with E-state index in [0.717, 1.165) is 13.1 Å². The average Bonchev–Trinajstić information content (AvgIpc) is 2.09. The van der Waals surface area contributed by atoms with E-state index in [0.29, 0.717) is 18.1 Å². The number of ether oxygens (including phenoxy) is 1. The SMILES string of the molecule is COC(C)(C)CCS(=O)(=O)CC1CNC1. The summed E-state index contributed by atoms with van der Waals surface area (Å²) in [5.41, 5.74) is -0.342. The minimum atomic E-state index is -2.90. The number of hydrogen-bond donors (Lipinski definition) is 1. The Morgan fingerprint density at radius 3 is 2.40 bits per heavy atom. The Morgan fingerprint density at radius 1 is 1.40 bits per heavy atom. The molecule has 0 bridgehead atoms. The maximum atomic E-state index is 11.7. The minimum Gasteiger partial charge on any atom is -0.379 e. The lowest BCUT2D eigenvalue weighted by Gasteiger charge is -2.27. The quantitative estimate of drug-likeness (QED) is 0.725. The summed E-state index contributed by atoms with van der Waals surface area (Å²) < 4.78 is 28.6. The van der Waals surface area contributed by atoms with Crippen molar-refractivity contribution in [2.45, 2.75) is 25.9 Å². The van der Waals surface area contributed by atoms with E-state index in [1.165, 1.54) is 0 Å². The summed E-state index contributed by atoms with van der Waals surface area (Å²) in [7, 11) is -1.29. The molecule has 90 valence electrons. The molecular formula is C10H21NO3S. The van der Waals surface area contributed by atoms with Crippen LogP contribution in [0.15, 0.2) is 0 Å². The largest absolute Gasteiger partial charge is 0.379 e.